The van der Waals surface area contributed by atoms with Gasteiger partial charge in [0.1, 0.15) is 11.6 Å². The predicted octanol–water partition coefficient (Wildman–Crippen LogP) is 3.49. The molecule has 1 saturated heterocycles. The minimum atomic E-state index is -2.82. The van der Waals surface area contributed by atoms with Gasteiger partial charge in [0.2, 0.25) is 0 Å². The van der Waals surface area contributed by atoms with Crippen LogP contribution < -0.4 is 10.1 Å². The average molecular weight is 293 g/mol. The lowest BCUT2D eigenvalue weighted by atomic mass is 10.0. The molecule has 0 radical (unpaired) electrons. The van der Waals surface area contributed by atoms with Crippen LogP contribution in [0.4, 0.5) is 8.78 Å². The molecule has 1 atom stereocenters. The van der Waals surface area contributed by atoms with Crippen molar-refractivity contribution in [2.75, 3.05) is 6.54 Å². The van der Waals surface area contributed by atoms with Crippen molar-refractivity contribution in [3.05, 3.63) is 36.3 Å². The average Bonchev–Trinajstić information content (AvgIpc) is 2.98. The third-order valence-electron chi connectivity index (χ3n) is 3.61. The number of imidazole rings is 1. The fourth-order valence-electron chi connectivity index (χ4n) is 2.59. The monoisotopic (exact) mass is 293 g/mol. The van der Waals surface area contributed by atoms with Crippen LogP contribution in [0.3, 0.4) is 0 Å². The van der Waals surface area contributed by atoms with Crippen LogP contribution in [-0.4, -0.2) is 23.1 Å². The van der Waals surface area contributed by atoms with Crippen molar-refractivity contribution in [3.8, 4) is 17.0 Å². The summed E-state index contributed by atoms with van der Waals surface area (Å²) < 4.78 is 28.9. The van der Waals surface area contributed by atoms with Gasteiger partial charge in [0.25, 0.3) is 0 Å². The number of aromatic nitrogens is 2. The van der Waals surface area contributed by atoms with E-state index in [1.807, 2.05) is 6.07 Å². The Labute approximate surface area is 121 Å². The van der Waals surface area contributed by atoms with E-state index in [4.69, 9.17) is 0 Å². The smallest absolute Gasteiger partial charge is 0.387 e. The third kappa shape index (κ3) is 3.39. The van der Waals surface area contributed by atoms with Gasteiger partial charge in [-0.2, -0.15) is 8.78 Å². The van der Waals surface area contributed by atoms with Crippen molar-refractivity contribution >= 4 is 0 Å². The van der Waals surface area contributed by atoms with E-state index in [-0.39, 0.29) is 11.8 Å². The number of rotatable bonds is 4. The molecule has 0 saturated carbocycles. The summed E-state index contributed by atoms with van der Waals surface area (Å²) in [6, 6.07) is 6.86. The zero-order valence-electron chi connectivity index (χ0n) is 11.5. The SMILES string of the molecule is FC(F)Oc1cccc(-c2cnc(C3CCCCN3)[nH]2)c1. The number of halogens is 2. The van der Waals surface area contributed by atoms with E-state index in [1.165, 1.54) is 18.9 Å². The van der Waals surface area contributed by atoms with Crippen LogP contribution >= 0.6 is 0 Å². The number of piperidine rings is 1. The summed E-state index contributed by atoms with van der Waals surface area (Å²) in [7, 11) is 0. The molecule has 6 heteroatoms. The quantitative estimate of drug-likeness (QED) is 0.907. The molecule has 2 aromatic rings. The van der Waals surface area contributed by atoms with Crippen molar-refractivity contribution in [3.63, 3.8) is 0 Å². The van der Waals surface area contributed by atoms with Gasteiger partial charge >= 0.3 is 6.61 Å². The highest BCUT2D eigenvalue weighted by molar-refractivity contribution is 5.60. The van der Waals surface area contributed by atoms with Crippen LogP contribution in [0.25, 0.3) is 11.3 Å². The summed E-state index contributed by atoms with van der Waals surface area (Å²) in [5, 5.41) is 3.42. The molecule has 0 aliphatic carbocycles. The van der Waals surface area contributed by atoms with Crippen LogP contribution in [0.2, 0.25) is 0 Å². The molecule has 2 heterocycles. The van der Waals surface area contributed by atoms with E-state index >= 15 is 0 Å². The van der Waals surface area contributed by atoms with Gasteiger partial charge in [0.05, 0.1) is 17.9 Å². The van der Waals surface area contributed by atoms with E-state index in [0.717, 1.165) is 30.0 Å². The van der Waals surface area contributed by atoms with Gasteiger partial charge in [0.15, 0.2) is 0 Å². The van der Waals surface area contributed by atoms with Gasteiger partial charge < -0.3 is 15.0 Å². The van der Waals surface area contributed by atoms with E-state index < -0.39 is 6.61 Å². The molecule has 1 fully saturated rings. The molecule has 21 heavy (non-hydrogen) atoms. The summed E-state index contributed by atoms with van der Waals surface area (Å²) >= 11 is 0. The summed E-state index contributed by atoms with van der Waals surface area (Å²) in [6.07, 6.45) is 5.16. The molecule has 1 aromatic carbocycles. The summed E-state index contributed by atoms with van der Waals surface area (Å²) in [5.41, 5.74) is 1.58. The molecule has 1 aliphatic rings. The highest BCUT2D eigenvalue weighted by atomic mass is 19.3. The molecule has 0 amide bonds. The molecule has 112 valence electrons. The Hall–Kier alpha value is -1.95. The predicted molar refractivity (Wildman–Crippen MR) is 75.3 cm³/mol. The third-order valence-corrected chi connectivity index (χ3v) is 3.61. The first-order chi connectivity index (χ1) is 10.2. The molecule has 4 nitrogen and oxygen atoms in total. The molecule has 0 spiro atoms. The van der Waals surface area contributed by atoms with E-state index in [2.05, 4.69) is 20.0 Å². The molecular weight excluding hydrogens is 276 g/mol. The first-order valence-electron chi connectivity index (χ1n) is 7.06. The Bertz CT molecular complexity index is 594. The standard InChI is InChI=1S/C15H17F2N3O/c16-15(17)21-11-5-3-4-10(8-11)13-9-19-14(20-13)12-6-1-2-7-18-12/h3-5,8-9,12,15,18H,1-2,6-7H2,(H,19,20). The van der Waals surface area contributed by atoms with Crippen molar-refractivity contribution in [2.24, 2.45) is 0 Å². The van der Waals surface area contributed by atoms with Gasteiger partial charge in [-0.1, -0.05) is 18.6 Å². The fraction of sp³-hybridized carbons (Fsp3) is 0.400. The van der Waals surface area contributed by atoms with Crippen LogP contribution in [0.5, 0.6) is 5.75 Å². The molecular formula is C15H17F2N3O. The lowest BCUT2D eigenvalue weighted by molar-refractivity contribution is -0.0498. The maximum atomic E-state index is 12.3. The normalized spacial score (nSPS) is 18.9. The number of alkyl halides is 2. The molecule has 3 rings (SSSR count). The Kier molecular flexibility index (Phi) is 4.15. The first kappa shape index (κ1) is 14.0. The number of H-pyrrole nitrogens is 1. The number of aromatic amines is 1. The zero-order chi connectivity index (χ0) is 14.7. The second kappa shape index (κ2) is 6.22. The number of hydrogen-bond donors (Lipinski definition) is 2. The lowest BCUT2D eigenvalue weighted by Gasteiger charge is -2.21. The maximum Gasteiger partial charge on any atom is 0.387 e. The number of nitrogens with one attached hydrogen (secondary N) is 2. The number of benzene rings is 1. The number of nitrogens with zero attached hydrogens (tertiary/aromatic N) is 1. The number of hydrogen-bond acceptors (Lipinski definition) is 3. The highest BCUT2D eigenvalue weighted by Crippen LogP contribution is 2.26. The van der Waals surface area contributed by atoms with Gasteiger partial charge in [-0.15, -0.1) is 0 Å². The van der Waals surface area contributed by atoms with Crippen molar-refractivity contribution in [1.82, 2.24) is 15.3 Å². The van der Waals surface area contributed by atoms with Crippen LogP contribution in [0.15, 0.2) is 30.5 Å². The van der Waals surface area contributed by atoms with Crippen LogP contribution in [-0.2, 0) is 0 Å². The second-order valence-corrected chi connectivity index (χ2v) is 5.09. The zero-order valence-corrected chi connectivity index (χ0v) is 11.5. The first-order valence-corrected chi connectivity index (χ1v) is 7.06. The molecule has 1 unspecified atom stereocenters. The molecule has 1 aromatic heterocycles. The maximum absolute atomic E-state index is 12.3. The van der Waals surface area contributed by atoms with Crippen LogP contribution in [0, 0.1) is 0 Å². The Morgan fingerprint density at radius 3 is 2.95 bits per heavy atom. The van der Waals surface area contributed by atoms with E-state index in [1.54, 1.807) is 18.3 Å². The highest BCUT2D eigenvalue weighted by Gasteiger charge is 2.18. The van der Waals surface area contributed by atoms with E-state index in [0.29, 0.717) is 0 Å². The van der Waals surface area contributed by atoms with Crippen molar-refractivity contribution in [1.29, 1.82) is 0 Å². The van der Waals surface area contributed by atoms with Gasteiger partial charge in [0, 0.05) is 5.56 Å². The summed E-state index contributed by atoms with van der Waals surface area (Å²) in [6.45, 7) is -1.82. The minimum Gasteiger partial charge on any atom is -0.435 e. The number of ether oxygens (including phenoxy) is 1. The lowest BCUT2D eigenvalue weighted by Crippen LogP contribution is -2.27. The second-order valence-electron chi connectivity index (χ2n) is 5.09. The van der Waals surface area contributed by atoms with Gasteiger partial charge in [-0.25, -0.2) is 4.98 Å². The van der Waals surface area contributed by atoms with Gasteiger partial charge in [-0.3, -0.25) is 0 Å². The largest absolute Gasteiger partial charge is 0.435 e. The molecule has 2 N–H and O–H groups in total. The van der Waals surface area contributed by atoms with Crippen molar-refractivity contribution < 1.29 is 13.5 Å². The Morgan fingerprint density at radius 2 is 2.19 bits per heavy atom. The van der Waals surface area contributed by atoms with Crippen LogP contribution in [0.1, 0.15) is 31.1 Å². The summed E-state index contributed by atoms with van der Waals surface area (Å²) in [4.78, 5) is 7.66. The Balaban J connectivity index is 1.79. The van der Waals surface area contributed by atoms with Gasteiger partial charge in [-0.05, 0) is 31.5 Å². The Morgan fingerprint density at radius 1 is 1.29 bits per heavy atom. The van der Waals surface area contributed by atoms with Crippen molar-refractivity contribution in [2.45, 2.75) is 31.9 Å². The molecule has 0 bridgehead atoms. The molecule has 1 aliphatic heterocycles. The minimum absolute atomic E-state index is 0.148. The topological polar surface area (TPSA) is 49.9 Å². The fourth-order valence-corrected chi connectivity index (χ4v) is 2.59. The summed E-state index contributed by atoms with van der Waals surface area (Å²) in [5.74, 6) is 1.04. The van der Waals surface area contributed by atoms with E-state index in [9.17, 15) is 8.78 Å².